The molecule has 0 radical (unpaired) electrons. The molecule has 212 valence electrons. The molecule has 0 saturated heterocycles. The number of nitrogens with zero attached hydrogens (tertiary/aromatic N) is 1. The molecule has 0 aliphatic heterocycles. The van der Waals surface area contributed by atoms with Crippen molar-refractivity contribution in [2.75, 3.05) is 6.54 Å². The standard InChI is InChI=1S/C26H43N7O5/c1-5-16(4)21(24(36)31-18(25(37)38)12-9-13-30-26(28)29)33-22(34)19(14-17-10-7-6-8-11-17)32-23(35)20(27)15(2)3/h6-8,10-11,15-16,18-21H,5,9,12-14,27H2,1-4H3,(H,31,36)(H,32,35)(H,33,34)(H,37,38)(H4,28,29,30). The second-order valence-corrected chi connectivity index (χ2v) is 9.74. The minimum Gasteiger partial charge on any atom is -0.480 e. The molecule has 5 atom stereocenters. The average molecular weight is 534 g/mol. The molecule has 0 heterocycles. The van der Waals surface area contributed by atoms with Gasteiger partial charge >= 0.3 is 5.97 Å². The summed E-state index contributed by atoms with van der Waals surface area (Å²) in [6.45, 7) is 7.45. The van der Waals surface area contributed by atoms with Gasteiger partial charge in [-0.25, -0.2) is 4.79 Å². The maximum absolute atomic E-state index is 13.4. The lowest BCUT2D eigenvalue weighted by molar-refractivity contribution is -0.143. The van der Waals surface area contributed by atoms with E-state index in [0.717, 1.165) is 5.56 Å². The summed E-state index contributed by atoms with van der Waals surface area (Å²) in [6.07, 6.45) is 1.14. The molecule has 3 amide bonds. The number of benzene rings is 1. The zero-order valence-electron chi connectivity index (χ0n) is 22.6. The number of nitrogens with one attached hydrogen (secondary N) is 3. The zero-order chi connectivity index (χ0) is 28.8. The number of nitrogens with two attached hydrogens (primary N) is 3. The molecule has 1 rings (SSSR count). The molecular formula is C26H43N7O5. The van der Waals surface area contributed by atoms with Crippen LogP contribution in [0, 0.1) is 11.8 Å². The van der Waals surface area contributed by atoms with Crippen LogP contribution in [0.2, 0.25) is 0 Å². The molecule has 0 fully saturated rings. The first-order chi connectivity index (χ1) is 17.9. The minimum absolute atomic E-state index is 0.0960. The number of rotatable bonds is 16. The highest BCUT2D eigenvalue weighted by atomic mass is 16.4. The maximum Gasteiger partial charge on any atom is 0.326 e. The lowest BCUT2D eigenvalue weighted by Gasteiger charge is -2.28. The number of carbonyl (C=O) groups excluding carboxylic acids is 3. The molecule has 38 heavy (non-hydrogen) atoms. The van der Waals surface area contributed by atoms with Crippen LogP contribution in [0.4, 0.5) is 0 Å². The third-order valence-corrected chi connectivity index (χ3v) is 6.29. The van der Waals surface area contributed by atoms with Gasteiger partial charge in [0.1, 0.15) is 18.1 Å². The van der Waals surface area contributed by atoms with E-state index in [4.69, 9.17) is 17.2 Å². The fourth-order valence-electron chi connectivity index (χ4n) is 3.61. The number of aliphatic imine (C=N–C) groups is 1. The highest BCUT2D eigenvalue weighted by molar-refractivity contribution is 5.94. The van der Waals surface area contributed by atoms with Crippen molar-refractivity contribution in [2.45, 2.75) is 77.5 Å². The van der Waals surface area contributed by atoms with E-state index in [2.05, 4.69) is 20.9 Å². The Hall–Kier alpha value is -3.67. The Morgan fingerprint density at radius 3 is 2.05 bits per heavy atom. The van der Waals surface area contributed by atoms with Crippen LogP contribution in [0.5, 0.6) is 0 Å². The van der Waals surface area contributed by atoms with Crippen molar-refractivity contribution in [3.8, 4) is 0 Å². The second-order valence-electron chi connectivity index (χ2n) is 9.74. The van der Waals surface area contributed by atoms with Crippen LogP contribution in [0.15, 0.2) is 35.3 Å². The van der Waals surface area contributed by atoms with Crippen molar-refractivity contribution in [1.29, 1.82) is 0 Å². The van der Waals surface area contributed by atoms with Crippen LogP contribution in [0.3, 0.4) is 0 Å². The first kappa shape index (κ1) is 32.4. The summed E-state index contributed by atoms with van der Waals surface area (Å²) in [7, 11) is 0. The van der Waals surface area contributed by atoms with E-state index in [1.807, 2.05) is 37.3 Å². The molecule has 12 heteroatoms. The van der Waals surface area contributed by atoms with Gasteiger partial charge in [0.15, 0.2) is 5.96 Å². The zero-order valence-corrected chi connectivity index (χ0v) is 22.6. The van der Waals surface area contributed by atoms with Crippen molar-refractivity contribution in [1.82, 2.24) is 16.0 Å². The lowest BCUT2D eigenvalue weighted by Crippen LogP contribution is -2.59. The van der Waals surface area contributed by atoms with Crippen LogP contribution in [0.1, 0.15) is 52.5 Å². The Morgan fingerprint density at radius 2 is 1.53 bits per heavy atom. The summed E-state index contributed by atoms with van der Waals surface area (Å²) in [5.74, 6) is -3.47. The van der Waals surface area contributed by atoms with Crippen LogP contribution in [0.25, 0.3) is 0 Å². The first-order valence-electron chi connectivity index (χ1n) is 12.9. The normalized spacial score (nSPS) is 14.9. The van der Waals surface area contributed by atoms with E-state index < -0.39 is 47.9 Å². The van der Waals surface area contributed by atoms with Crippen molar-refractivity contribution < 1.29 is 24.3 Å². The van der Waals surface area contributed by atoms with E-state index >= 15 is 0 Å². The highest BCUT2D eigenvalue weighted by Crippen LogP contribution is 2.12. The van der Waals surface area contributed by atoms with Crippen molar-refractivity contribution in [2.24, 2.45) is 34.0 Å². The molecule has 12 nitrogen and oxygen atoms in total. The van der Waals surface area contributed by atoms with Gasteiger partial charge in [0.2, 0.25) is 17.7 Å². The van der Waals surface area contributed by atoms with Crippen LogP contribution >= 0.6 is 0 Å². The van der Waals surface area contributed by atoms with Crippen LogP contribution in [-0.2, 0) is 25.6 Å². The number of carboxylic acid groups (broad SMARTS) is 1. The number of guanidine groups is 1. The summed E-state index contributed by atoms with van der Waals surface area (Å²) in [6, 6.07) is 5.10. The quantitative estimate of drug-likeness (QED) is 0.0859. The van der Waals surface area contributed by atoms with Crippen LogP contribution < -0.4 is 33.2 Å². The molecule has 0 spiro atoms. The summed E-state index contributed by atoms with van der Waals surface area (Å²) in [5, 5.41) is 17.6. The third kappa shape index (κ3) is 11.2. The predicted octanol–water partition coefficient (Wildman–Crippen LogP) is -0.149. The Bertz CT molecular complexity index is 951. The van der Waals surface area contributed by atoms with Gasteiger partial charge in [0.05, 0.1) is 6.04 Å². The van der Waals surface area contributed by atoms with Crippen molar-refractivity contribution >= 4 is 29.7 Å². The minimum atomic E-state index is -1.21. The molecule has 0 aromatic heterocycles. The number of carbonyl (C=O) groups is 4. The summed E-state index contributed by atoms with van der Waals surface area (Å²) in [5.41, 5.74) is 17.4. The molecule has 1 aromatic rings. The number of amides is 3. The molecule has 0 bridgehead atoms. The molecule has 5 unspecified atom stereocenters. The number of hydrogen-bond acceptors (Lipinski definition) is 6. The average Bonchev–Trinajstić information content (AvgIpc) is 2.87. The molecular weight excluding hydrogens is 490 g/mol. The van der Waals surface area contributed by atoms with Gasteiger partial charge in [0, 0.05) is 13.0 Å². The first-order valence-corrected chi connectivity index (χ1v) is 12.9. The third-order valence-electron chi connectivity index (χ3n) is 6.29. The Labute approximate surface area is 224 Å². The summed E-state index contributed by atoms with van der Waals surface area (Å²) < 4.78 is 0. The van der Waals surface area contributed by atoms with E-state index in [9.17, 15) is 24.3 Å². The number of aliphatic carboxylic acids is 1. The van der Waals surface area contributed by atoms with E-state index in [0.29, 0.717) is 12.8 Å². The van der Waals surface area contributed by atoms with Gasteiger partial charge in [-0.1, -0.05) is 64.4 Å². The van der Waals surface area contributed by atoms with Crippen molar-refractivity contribution in [3.05, 3.63) is 35.9 Å². The Morgan fingerprint density at radius 1 is 0.921 bits per heavy atom. The summed E-state index contributed by atoms with van der Waals surface area (Å²) in [4.78, 5) is 54.8. The predicted molar refractivity (Wildman–Crippen MR) is 146 cm³/mol. The van der Waals surface area contributed by atoms with Gasteiger partial charge in [-0.2, -0.15) is 0 Å². The molecule has 10 N–H and O–H groups in total. The van der Waals surface area contributed by atoms with Crippen LogP contribution in [-0.4, -0.2) is 65.5 Å². The van der Waals surface area contributed by atoms with Gasteiger partial charge in [0.25, 0.3) is 0 Å². The molecule has 0 aliphatic carbocycles. The molecule has 0 saturated carbocycles. The summed E-state index contributed by atoms with van der Waals surface area (Å²) >= 11 is 0. The van der Waals surface area contributed by atoms with Gasteiger partial charge in [-0.3, -0.25) is 19.4 Å². The van der Waals surface area contributed by atoms with Gasteiger partial charge in [-0.05, 0) is 30.2 Å². The molecule has 1 aromatic carbocycles. The van der Waals surface area contributed by atoms with Crippen molar-refractivity contribution in [3.63, 3.8) is 0 Å². The van der Waals surface area contributed by atoms with E-state index in [1.54, 1.807) is 20.8 Å². The fraction of sp³-hybridized carbons (Fsp3) is 0.577. The SMILES string of the molecule is CCC(C)C(NC(=O)C(Cc1ccccc1)NC(=O)C(N)C(C)C)C(=O)NC(CCCN=C(N)N)C(=O)O. The Balaban J connectivity index is 3.08. The second kappa shape index (κ2) is 16.2. The topological polar surface area (TPSA) is 215 Å². The Kier molecular flexibility index (Phi) is 13.8. The number of hydrogen-bond donors (Lipinski definition) is 7. The maximum atomic E-state index is 13.4. The fourth-order valence-corrected chi connectivity index (χ4v) is 3.61. The monoisotopic (exact) mass is 533 g/mol. The lowest BCUT2D eigenvalue weighted by atomic mass is 9.96. The van der Waals surface area contributed by atoms with Gasteiger partial charge in [-0.15, -0.1) is 0 Å². The smallest absolute Gasteiger partial charge is 0.326 e. The van der Waals surface area contributed by atoms with E-state index in [1.165, 1.54) is 0 Å². The largest absolute Gasteiger partial charge is 0.480 e. The molecule has 0 aliphatic rings. The highest BCUT2D eigenvalue weighted by Gasteiger charge is 2.33. The van der Waals surface area contributed by atoms with Gasteiger partial charge < -0.3 is 38.3 Å². The van der Waals surface area contributed by atoms with E-state index in [-0.39, 0.29) is 37.2 Å². The number of carboxylic acids is 1.